The number of carbonyl (C=O) groups excluding carboxylic acids is 2. The average Bonchev–Trinajstić information content (AvgIpc) is 2.95. The summed E-state index contributed by atoms with van der Waals surface area (Å²) in [7, 11) is -2.20. The van der Waals surface area contributed by atoms with Gasteiger partial charge in [0.15, 0.2) is 0 Å². The van der Waals surface area contributed by atoms with E-state index >= 15 is 0 Å². The van der Waals surface area contributed by atoms with Crippen LogP contribution in [0.4, 0.5) is 4.39 Å². The van der Waals surface area contributed by atoms with Crippen molar-refractivity contribution in [3.63, 3.8) is 0 Å². The van der Waals surface area contributed by atoms with E-state index in [1.165, 1.54) is 40.5 Å². The molecule has 3 aromatic carbocycles. The molecule has 2 amide bonds. The van der Waals surface area contributed by atoms with Crippen molar-refractivity contribution in [3.8, 4) is 0 Å². The molecule has 40 heavy (non-hydrogen) atoms. The summed E-state index contributed by atoms with van der Waals surface area (Å²) in [6, 6.07) is 22.7. The second kappa shape index (κ2) is 14.7. The molecule has 0 aliphatic heterocycles. The third-order valence-electron chi connectivity index (χ3n) is 6.54. The van der Waals surface area contributed by atoms with Crippen molar-refractivity contribution >= 4 is 21.8 Å². The zero-order valence-electron chi connectivity index (χ0n) is 23.3. The normalized spacial score (nSPS) is 12.3. The van der Waals surface area contributed by atoms with Gasteiger partial charge in [-0.1, -0.05) is 74.5 Å². The Kier molecular flexibility index (Phi) is 11.4. The zero-order chi connectivity index (χ0) is 29.1. The van der Waals surface area contributed by atoms with Gasteiger partial charge in [-0.3, -0.25) is 9.59 Å². The predicted octanol–water partition coefficient (Wildman–Crippen LogP) is 4.64. The fourth-order valence-electron chi connectivity index (χ4n) is 4.25. The van der Waals surface area contributed by atoms with Crippen molar-refractivity contribution in [2.24, 2.45) is 5.92 Å². The van der Waals surface area contributed by atoms with Crippen molar-refractivity contribution in [1.29, 1.82) is 0 Å². The highest BCUT2D eigenvalue weighted by molar-refractivity contribution is 7.89. The molecule has 0 radical (unpaired) electrons. The quantitative estimate of drug-likeness (QED) is 0.308. The minimum atomic E-state index is -3.69. The molecule has 0 spiro atoms. The number of sulfonamides is 1. The zero-order valence-corrected chi connectivity index (χ0v) is 24.1. The first kappa shape index (κ1) is 31.0. The van der Waals surface area contributed by atoms with E-state index in [1.807, 2.05) is 44.2 Å². The molecule has 9 heteroatoms. The summed E-state index contributed by atoms with van der Waals surface area (Å²) in [5, 5.41) is 2.96. The first-order valence-corrected chi connectivity index (χ1v) is 14.9. The van der Waals surface area contributed by atoms with Gasteiger partial charge in [0.1, 0.15) is 11.9 Å². The lowest BCUT2D eigenvalue weighted by Gasteiger charge is -2.32. The second-order valence-electron chi connectivity index (χ2n) is 10.2. The van der Waals surface area contributed by atoms with E-state index in [0.717, 1.165) is 5.56 Å². The molecular weight excluding hydrogens is 529 g/mol. The lowest BCUT2D eigenvalue weighted by Crippen LogP contribution is -2.51. The van der Waals surface area contributed by atoms with Gasteiger partial charge in [0, 0.05) is 39.5 Å². The third kappa shape index (κ3) is 8.99. The standard InChI is InChI=1S/C31H38FN3O4S/c1-24(2)22-33-31(37)29(21-25-11-6-4-7-12-25)35(23-26-16-18-27(32)19-17-26)30(36)15-10-20-34(3)40(38,39)28-13-8-5-9-14-28/h4-9,11-14,16-19,24,29H,10,15,20-23H2,1-3H3,(H,33,37)/t29-/m1/s1. The van der Waals surface area contributed by atoms with Crippen molar-refractivity contribution in [2.45, 2.75) is 50.6 Å². The van der Waals surface area contributed by atoms with E-state index in [-0.39, 0.29) is 54.4 Å². The van der Waals surface area contributed by atoms with Gasteiger partial charge in [-0.25, -0.2) is 17.1 Å². The number of amides is 2. The molecule has 1 atom stereocenters. The molecule has 0 bridgehead atoms. The Balaban J connectivity index is 1.81. The number of nitrogens with zero attached hydrogens (tertiary/aromatic N) is 2. The first-order chi connectivity index (χ1) is 19.1. The Morgan fingerprint density at radius 3 is 2.08 bits per heavy atom. The topological polar surface area (TPSA) is 86.8 Å². The molecule has 3 aromatic rings. The largest absolute Gasteiger partial charge is 0.354 e. The van der Waals surface area contributed by atoms with Crippen molar-refractivity contribution in [2.75, 3.05) is 20.1 Å². The van der Waals surface area contributed by atoms with Crippen LogP contribution in [0.5, 0.6) is 0 Å². The highest BCUT2D eigenvalue weighted by Crippen LogP contribution is 2.18. The molecule has 0 saturated carbocycles. The number of nitrogens with one attached hydrogen (secondary N) is 1. The van der Waals surface area contributed by atoms with E-state index in [0.29, 0.717) is 18.5 Å². The first-order valence-electron chi connectivity index (χ1n) is 13.4. The minimum Gasteiger partial charge on any atom is -0.354 e. The summed E-state index contributed by atoms with van der Waals surface area (Å²) < 4.78 is 40.6. The lowest BCUT2D eigenvalue weighted by atomic mass is 10.0. The molecule has 7 nitrogen and oxygen atoms in total. The van der Waals surface area contributed by atoms with Crippen LogP contribution >= 0.6 is 0 Å². The number of carbonyl (C=O) groups is 2. The summed E-state index contributed by atoms with van der Waals surface area (Å²) in [4.78, 5) is 28.9. The van der Waals surface area contributed by atoms with Crippen LogP contribution < -0.4 is 5.32 Å². The molecule has 0 aliphatic carbocycles. The number of benzene rings is 3. The van der Waals surface area contributed by atoms with E-state index < -0.39 is 16.1 Å². The van der Waals surface area contributed by atoms with Crippen molar-refractivity contribution < 1.29 is 22.4 Å². The van der Waals surface area contributed by atoms with Crippen molar-refractivity contribution in [3.05, 3.63) is 102 Å². The van der Waals surface area contributed by atoms with Gasteiger partial charge in [0.05, 0.1) is 4.90 Å². The Morgan fingerprint density at radius 2 is 1.48 bits per heavy atom. The summed E-state index contributed by atoms with van der Waals surface area (Å²) >= 11 is 0. The highest BCUT2D eigenvalue weighted by atomic mass is 32.2. The van der Waals surface area contributed by atoms with Gasteiger partial charge in [-0.15, -0.1) is 0 Å². The molecule has 1 N–H and O–H groups in total. The molecular formula is C31H38FN3O4S. The van der Waals surface area contributed by atoms with Gasteiger partial charge in [0.2, 0.25) is 21.8 Å². The third-order valence-corrected chi connectivity index (χ3v) is 8.41. The Hall–Kier alpha value is -3.56. The van der Waals surface area contributed by atoms with E-state index in [9.17, 15) is 22.4 Å². The Bertz CT molecular complexity index is 1330. The molecule has 0 aromatic heterocycles. The number of halogens is 1. The molecule has 0 saturated heterocycles. The molecule has 0 unspecified atom stereocenters. The summed E-state index contributed by atoms with van der Waals surface area (Å²) in [5.74, 6) is -0.711. The Labute approximate surface area is 237 Å². The van der Waals surface area contributed by atoms with Gasteiger partial charge in [-0.05, 0) is 47.7 Å². The van der Waals surface area contributed by atoms with Crippen LogP contribution in [0, 0.1) is 11.7 Å². The summed E-state index contributed by atoms with van der Waals surface area (Å²) in [6.07, 6.45) is 0.617. The van der Waals surface area contributed by atoms with Crippen LogP contribution in [0.25, 0.3) is 0 Å². The molecule has 214 valence electrons. The smallest absolute Gasteiger partial charge is 0.243 e. The second-order valence-corrected chi connectivity index (χ2v) is 12.3. The van der Waals surface area contributed by atoms with Gasteiger partial charge in [-0.2, -0.15) is 0 Å². The summed E-state index contributed by atoms with van der Waals surface area (Å²) in [6.45, 7) is 4.70. The number of hydrogen-bond donors (Lipinski definition) is 1. The summed E-state index contributed by atoms with van der Waals surface area (Å²) in [5.41, 5.74) is 1.59. The van der Waals surface area contributed by atoms with E-state index in [1.54, 1.807) is 30.3 Å². The predicted molar refractivity (Wildman–Crippen MR) is 154 cm³/mol. The SMILES string of the molecule is CC(C)CNC(=O)[C@@H](Cc1ccccc1)N(Cc1ccc(F)cc1)C(=O)CCCN(C)S(=O)(=O)c1ccccc1. The molecule has 0 fully saturated rings. The fourth-order valence-corrected chi connectivity index (χ4v) is 5.48. The van der Waals surface area contributed by atoms with Gasteiger partial charge in [0.25, 0.3) is 0 Å². The van der Waals surface area contributed by atoms with Crippen molar-refractivity contribution in [1.82, 2.24) is 14.5 Å². The minimum absolute atomic E-state index is 0.0403. The van der Waals surface area contributed by atoms with Crippen LogP contribution in [0.3, 0.4) is 0 Å². The maximum absolute atomic E-state index is 13.7. The van der Waals surface area contributed by atoms with E-state index in [4.69, 9.17) is 0 Å². The van der Waals surface area contributed by atoms with Gasteiger partial charge >= 0.3 is 0 Å². The van der Waals surface area contributed by atoms with Gasteiger partial charge < -0.3 is 10.2 Å². The Morgan fingerprint density at radius 1 is 0.875 bits per heavy atom. The van der Waals surface area contributed by atoms with Crippen LogP contribution in [0.2, 0.25) is 0 Å². The average molecular weight is 568 g/mol. The molecule has 0 aliphatic rings. The van der Waals surface area contributed by atoms with Crippen LogP contribution in [0.1, 0.15) is 37.8 Å². The fraction of sp³-hybridized carbons (Fsp3) is 0.355. The highest BCUT2D eigenvalue weighted by Gasteiger charge is 2.30. The number of hydrogen-bond acceptors (Lipinski definition) is 4. The molecule has 3 rings (SSSR count). The maximum atomic E-state index is 13.7. The lowest BCUT2D eigenvalue weighted by molar-refractivity contribution is -0.141. The van der Waals surface area contributed by atoms with E-state index in [2.05, 4.69) is 5.32 Å². The number of rotatable bonds is 14. The van der Waals surface area contributed by atoms with Crippen LogP contribution in [0.15, 0.2) is 89.8 Å². The maximum Gasteiger partial charge on any atom is 0.243 e. The van der Waals surface area contributed by atoms with Crippen LogP contribution in [-0.4, -0.2) is 55.6 Å². The molecule has 0 heterocycles. The van der Waals surface area contributed by atoms with Crippen LogP contribution in [-0.2, 0) is 32.6 Å². The monoisotopic (exact) mass is 567 g/mol.